The lowest BCUT2D eigenvalue weighted by molar-refractivity contribution is 0.192. The van der Waals surface area contributed by atoms with Crippen LogP contribution in [0.25, 0.3) is 4.85 Å². The Morgan fingerprint density at radius 2 is 1.95 bits per heavy atom. The van der Waals surface area contributed by atoms with Gasteiger partial charge in [-0.05, 0) is 10.8 Å². The van der Waals surface area contributed by atoms with Crippen LogP contribution in [0.3, 0.4) is 0 Å². The third kappa shape index (κ3) is 2.91. The molecule has 2 heterocycles. The summed E-state index contributed by atoms with van der Waals surface area (Å²) in [6.45, 7) is 10.8. The van der Waals surface area contributed by atoms with Crippen LogP contribution in [0, 0.1) is 6.57 Å². The number of hydrogen-bond acceptors (Lipinski definition) is 5. The molecule has 21 heavy (non-hydrogen) atoms. The number of rotatable bonds is 3. The van der Waals surface area contributed by atoms with E-state index in [4.69, 9.17) is 6.57 Å². The molecule has 0 aliphatic carbocycles. The summed E-state index contributed by atoms with van der Waals surface area (Å²) in [6.07, 6.45) is 0. The molecule has 2 aromatic rings. The zero-order chi connectivity index (χ0) is 14.7. The van der Waals surface area contributed by atoms with Gasteiger partial charge in [-0.3, -0.25) is 4.90 Å². The molecule has 3 rings (SSSR count). The molecule has 1 aromatic heterocycles. The summed E-state index contributed by atoms with van der Waals surface area (Å²) in [4.78, 5) is 7.27. The van der Waals surface area contributed by atoms with Crippen molar-refractivity contribution in [2.24, 2.45) is 7.05 Å². The second kappa shape index (κ2) is 5.99. The van der Waals surface area contributed by atoms with Gasteiger partial charge in [0.1, 0.15) is 0 Å². The Morgan fingerprint density at radius 3 is 2.52 bits per heavy atom. The van der Waals surface area contributed by atoms with Crippen molar-refractivity contribution >= 4 is 5.69 Å². The Hall–Kier alpha value is -2.30. The fourth-order valence-electron chi connectivity index (χ4n) is 2.60. The Morgan fingerprint density at radius 1 is 1.24 bits per heavy atom. The van der Waals surface area contributed by atoms with Gasteiger partial charge in [-0.25, -0.2) is 4.85 Å². The van der Waals surface area contributed by atoms with Gasteiger partial charge in [-0.1, -0.05) is 24.3 Å². The third-order valence-electron chi connectivity index (χ3n) is 3.62. The summed E-state index contributed by atoms with van der Waals surface area (Å²) in [5.41, 5.74) is 1.74. The molecule has 1 aromatic carbocycles. The summed E-state index contributed by atoms with van der Waals surface area (Å²) in [7, 11) is 1.77. The number of nitrogens with zero attached hydrogens (tertiary/aromatic N) is 6. The van der Waals surface area contributed by atoms with Crippen molar-refractivity contribution in [1.29, 1.82) is 0 Å². The first kappa shape index (κ1) is 13.7. The van der Waals surface area contributed by atoms with E-state index in [2.05, 4.69) is 30.5 Å². The maximum Gasteiger partial charge on any atom is 0.196 e. The van der Waals surface area contributed by atoms with Gasteiger partial charge in [0.2, 0.25) is 0 Å². The van der Waals surface area contributed by atoms with Crippen molar-refractivity contribution < 1.29 is 0 Å². The standard InChI is InChI=1S/C14H17N7/c1-15-12-5-3-11(4-6-12)13(14-17-19-20(2)18-14)21-9-7-16-8-10-21/h3-6,13,16H,7-10H2,2H3. The van der Waals surface area contributed by atoms with Gasteiger partial charge in [0.05, 0.1) is 19.7 Å². The molecule has 1 N–H and O–H groups in total. The molecule has 7 heteroatoms. The fraction of sp³-hybridized carbons (Fsp3) is 0.429. The maximum atomic E-state index is 7.05. The summed E-state index contributed by atoms with van der Waals surface area (Å²) in [5.74, 6) is 0.704. The van der Waals surface area contributed by atoms with Crippen molar-refractivity contribution in [1.82, 2.24) is 30.4 Å². The fourth-order valence-corrected chi connectivity index (χ4v) is 2.60. The number of hydrogen-bond donors (Lipinski definition) is 1. The van der Waals surface area contributed by atoms with Crippen LogP contribution in [0.5, 0.6) is 0 Å². The van der Waals surface area contributed by atoms with E-state index in [0.717, 1.165) is 31.7 Å². The first-order chi connectivity index (χ1) is 10.3. The highest BCUT2D eigenvalue weighted by Gasteiger charge is 2.27. The Kier molecular flexibility index (Phi) is 3.90. The Bertz CT molecular complexity index is 634. The van der Waals surface area contributed by atoms with Crippen LogP contribution in [0.15, 0.2) is 24.3 Å². The number of piperazine rings is 1. The number of benzene rings is 1. The second-order valence-corrected chi connectivity index (χ2v) is 5.03. The summed E-state index contributed by atoms with van der Waals surface area (Å²) >= 11 is 0. The quantitative estimate of drug-likeness (QED) is 0.842. The average Bonchev–Trinajstić information content (AvgIpc) is 2.95. The van der Waals surface area contributed by atoms with Crippen molar-refractivity contribution in [2.45, 2.75) is 6.04 Å². The zero-order valence-electron chi connectivity index (χ0n) is 11.9. The molecule has 1 aliphatic rings. The lowest BCUT2D eigenvalue weighted by Crippen LogP contribution is -2.45. The van der Waals surface area contributed by atoms with Crippen molar-refractivity contribution in [3.05, 3.63) is 47.1 Å². The lowest BCUT2D eigenvalue weighted by Gasteiger charge is -2.33. The van der Waals surface area contributed by atoms with Gasteiger partial charge in [0.25, 0.3) is 0 Å². The van der Waals surface area contributed by atoms with E-state index in [1.165, 1.54) is 4.80 Å². The van der Waals surface area contributed by atoms with Gasteiger partial charge < -0.3 is 5.32 Å². The highest BCUT2D eigenvalue weighted by Crippen LogP contribution is 2.27. The lowest BCUT2D eigenvalue weighted by atomic mass is 10.0. The molecule has 1 atom stereocenters. The first-order valence-electron chi connectivity index (χ1n) is 6.94. The van der Waals surface area contributed by atoms with Gasteiger partial charge in [-0.2, -0.15) is 4.80 Å². The molecule has 0 amide bonds. The third-order valence-corrected chi connectivity index (χ3v) is 3.62. The number of tetrazole rings is 1. The van der Waals surface area contributed by atoms with Gasteiger partial charge >= 0.3 is 0 Å². The van der Waals surface area contributed by atoms with Crippen LogP contribution in [0.1, 0.15) is 17.4 Å². The minimum absolute atomic E-state index is 0.0133. The highest BCUT2D eigenvalue weighted by atomic mass is 15.6. The van der Waals surface area contributed by atoms with Crippen LogP contribution >= 0.6 is 0 Å². The minimum atomic E-state index is -0.0133. The normalized spacial score (nSPS) is 17.3. The number of aryl methyl sites for hydroxylation is 1. The largest absolute Gasteiger partial charge is 0.314 e. The van der Waals surface area contributed by atoms with Crippen molar-refractivity contribution in [2.75, 3.05) is 26.2 Å². The summed E-state index contributed by atoms with van der Waals surface area (Å²) in [6, 6.07) is 7.63. The van der Waals surface area contributed by atoms with E-state index in [1.807, 2.05) is 24.3 Å². The molecular weight excluding hydrogens is 266 g/mol. The molecule has 0 saturated carbocycles. The monoisotopic (exact) mass is 283 g/mol. The number of aromatic nitrogens is 4. The SMILES string of the molecule is [C-]#[N+]c1ccc(C(c2nnn(C)n2)N2CCNCC2)cc1. The van der Waals surface area contributed by atoms with Gasteiger partial charge in [0.15, 0.2) is 11.5 Å². The van der Waals surface area contributed by atoms with Crippen LogP contribution in [0.2, 0.25) is 0 Å². The van der Waals surface area contributed by atoms with E-state index in [1.54, 1.807) is 7.05 Å². The highest BCUT2D eigenvalue weighted by molar-refractivity contribution is 5.46. The maximum absolute atomic E-state index is 7.05. The molecule has 7 nitrogen and oxygen atoms in total. The summed E-state index contributed by atoms with van der Waals surface area (Å²) in [5, 5.41) is 15.9. The van der Waals surface area contributed by atoms with E-state index in [-0.39, 0.29) is 6.04 Å². The molecule has 1 saturated heterocycles. The Labute approximate surface area is 123 Å². The predicted octanol–water partition coefficient (Wildman–Crippen LogP) is 0.755. The number of nitrogens with one attached hydrogen (secondary N) is 1. The zero-order valence-corrected chi connectivity index (χ0v) is 11.9. The molecule has 1 unspecified atom stereocenters. The molecular formula is C14H17N7. The van der Waals surface area contributed by atoms with Crippen LogP contribution in [-0.2, 0) is 7.05 Å². The van der Waals surface area contributed by atoms with Crippen LogP contribution in [0.4, 0.5) is 5.69 Å². The van der Waals surface area contributed by atoms with Gasteiger partial charge in [-0.15, -0.1) is 10.2 Å². The van der Waals surface area contributed by atoms with E-state index in [0.29, 0.717) is 11.5 Å². The molecule has 1 aliphatic heterocycles. The molecule has 0 radical (unpaired) electrons. The van der Waals surface area contributed by atoms with Gasteiger partial charge in [0, 0.05) is 26.2 Å². The Balaban J connectivity index is 1.96. The molecule has 0 spiro atoms. The molecule has 1 fully saturated rings. The van der Waals surface area contributed by atoms with E-state index < -0.39 is 0 Å². The smallest absolute Gasteiger partial charge is 0.196 e. The first-order valence-corrected chi connectivity index (χ1v) is 6.94. The topological polar surface area (TPSA) is 63.2 Å². The van der Waals surface area contributed by atoms with Crippen LogP contribution in [-0.4, -0.2) is 51.3 Å². The van der Waals surface area contributed by atoms with Crippen LogP contribution < -0.4 is 5.32 Å². The summed E-state index contributed by atoms with van der Waals surface area (Å²) < 4.78 is 0. The van der Waals surface area contributed by atoms with E-state index >= 15 is 0 Å². The average molecular weight is 283 g/mol. The molecule has 108 valence electrons. The van der Waals surface area contributed by atoms with Crippen molar-refractivity contribution in [3.8, 4) is 0 Å². The molecule has 0 bridgehead atoms. The van der Waals surface area contributed by atoms with Crippen molar-refractivity contribution in [3.63, 3.8) is 0 Å². The minimum Gasteiger partial charge on any atom is -0.314 e. The van der Waals surface area contributed by atoms with E-state index in [9.17, 15) is 0 Å². The second-order valence-electron chi connectivity index (χ2n) is 5.03. The predicted molar refractivity (Wildman–Crippen MR) is 77.8 cm³/mol.